The Labute approximate surface area is 161 Å². The molecule has 1 saturated heterocycles. The Hall–Kier alpha value is -1.34. The van der Waals surface area contributed by atoms with Crippen molar-refractivity contribution in [1.82, 2.24) is 20.1 Å². The van der Waals surface area contributed by atoms with Gasteiger partial charge in [-0.15, -0.1) is 11.3 Å². The lowest BCUT2D eigenvalue weighted by molar-refractivity contribution is 0.197. The summed E-state index contributed by atoms with van der Waals surface area (Å²) >= 11 is 13.7. The van der Waals surface area contributed by atoms with Crippen molar-refractivity contribution in [3.05, 3.63) is 50.4 Å². The third-order valence-corrected chi connectivity index (χ3v) is 5.51. The molecule has 1 aliphatic heterocycles. The van der Waals surface area contributed by atoms with E-state index in [2.05, 4.69) is 15.2 Å². The zero-order chi connectivity index (χ0) is 17.6. The minimum Gasteiger partial charge on any atom is -0.334 e. The Kier molecular flexibility index (Phi) is 6.53. The number of carbonyl (C=O) groups excluding carboxylic acids is 1. The summed E-state index contributed by atoms with van der Waals surface area (Å²) in [5.74, 6) is 0. The highest BCUT2D eigenvalue weighted by Crippen LogP contribution is 2.20. The number of hydrogen-bond acceptors (Lipinski definition) is 4. The molecule has 5 nitrogen and oxygen atoms in total. The first kappa shape index (κ1) is 18.5. The Morgan fingerprint density at radius 3 is 2.88 bits per heavy atom. The summed E-state index contributed by atoms with van der Waals surface area (Å²) in [5.41, 5.74) is 0.861. The summed E-state index contributed by atoms with van der Waals surface area (Å²) in [7, 11) is 0. The standard InChI is InChI=1S/C17H20Cl2N4OS/c18-14-3-2-13(15(19)10-14)11-21-17(24)23-6-1-5-22(7-8-23)12-16-20-4-9-25-16/h2-4,9-10H,1,5-8,11-12H2,(H,21,24). The molecule has 0 bridgehead atoms. The van der Waals surface area contributed by atoms with E-state index in [1.54, 1.807) is 23.5 Å². The number of nitrogens with one attached hydrogen (secondary N) is 1. The SMILES string of the molecule is O=C(NCc1ccc(Cl)cc1Cl)N1CCCN(Cc2nccs2)CC1. The van der Waals surface area contributed by atoms with Crippen LogP contribution in [0.5, 0.6) is 0 Å². The molecule has 1 aliphatic rings. The molecule has 1 fully saturated rings. The lowest BCUT2D eigenvalue weighted by Crippen LogP contribution is -2.41. The van der Waals surface area contributed by atoms with E-state index in [4.69, 9.17) is 23.2 Å². The number of amides is 2. The van der Waals surface area contributed by atoms with Crippen LogP contribution in [0.3, 0.4) is 0 Å². The van der Waals surface area contributed by atoms with E-state index in [9.17, 15) is 4.79 Å². The van der Waals surface area contributed by atoms with Crippen LogP contribution in [-0.4, -0.2) is 47.0 Å². The number of halogens is 2. The number of benzene rings is 1. The molecule has 8 heteroatoms. The highest BCUT2D eigenvalue weighted by atomic mass is 35.5. The van der Waals surface area contributed by atoms with Gasteiger partial charge in [-0.2, -0.15) is 0 Å². The molecule has 2 aromatic rings. The van der Waals surface area contributed by atoms with Gasteiger partial charge < -0.3 is 10.2 Å². The zero-order valence-electron chi connectivity index (χ0n) is 13.8. The van der Waals surface area contributed by atoms with Gasteiger partial charge in [0, 0.05) is 54.3 Å². The maximum atomic E-state index is 12.4. The van der Waals surface area contributed by atoms with Crippen LogP contribution in [-0.2, 0) is 13.1 Å². The van der Waals surface area contributed by atoms with Gasteiger partial charge in [-0.3, -0.25) is 4.90 Å². The number of carbonyl (C=O) groups is 1. The molecule has 0 atom stereocenters. The van der Waals surface area contributed by atoms with E-state index in [0.717, 1.165) is 43.2 Å². The van der Waals surface area contributed by atoms with Crippen LogP contribution in [0.2, 0.25) is 10.0 Å². The first-order valence-electron chi connectivity index (χ1n) is 8.19. The molecule has 1 aromatic carbocycles. The minimum absolute atomic E-state index is 0.0536. The van der Waals surface area contributed by atoms with Gasteiger partial charge in [0.1, 0.15) is 5.01 Å². The van der Waals surface area contributed by atoms with E-state index in [1.807, 2.05) is 22.5 Å². The third kappa shape index (κ3) is 5.31. The van der Waals surface area contributed by atoms with E-state index in [0.29, 0.717) is 23.1 Å². The predicted octanol–water partition coefficient (Wildman–Crippen LogP) is 3.87. The molecule has 1 N–H and O–H groups in total. The predicted molar refractivity (Wildman–Crippen MR) is 102 cm³/mol. The average molecular weight is 399 g/mol. The third-order valence-electron chi connectivity index (χ3n) is 4.16. The molecule has 0 unspecified atom stereocenters. The van der Waals surface area contributed by atoms with Crippen LogP contribution < -0.4 is 5.32 Å². The maximum absolute atomic E-state index is 12.4. The Bertz CT molecular complexity index is 711. The largest absolute Gasteiger partial charge is 0.334 e. The van der Waals surface area contributed by atoms with Crippen molar-refractivity contribution in [1.29, 1.82) is 0 Å². The van der Waals surface area contributed by atoms with Crippen molar-refractivity contribution >= 4 is 40.6 Å². The molecule has 134 valence electrons. The fourth-order valence-corrected chi connectivity index (χ4v) is 3.94. The lowest BCUT2D eigenvalue weighted by Gasteiger charge is -2.22. The molecule has 0 saturated carbocycles. The van der Waals surface area contributed by atoms with Gasteiger partial charge in [-0.1, -0.05) is 29.3 Å². The molecular weight excluding hydrogens is 379 g/mol. The topological polar surface area (TPSA) is 48.5 Å². The Morgan fingerprint density at radius 2 is 2.12 bits per heavy atom. The molecule has 3 rings (SSSR count). The second-order valence-electron chi connectivity index (χ2n) is 5.94. The second-order valence-corrected chi connectivity index (χ2v) is 7.76. The lowest BCUT2D eigenvalue weighted by atomic mass is 10.2. The van der Waals surface area contributed by atoms with Gasteiger partial charge in [0.15, 0.2) is 0 Å². The van der Waals surface area contributed by atoms with Gasteiger partial charge in [0.05, 0.1) is 6.54 Å². The Morgan fingerprint density at radius 1 is 1.24 bits per heavy atom. The first-order valence-corrected chi connectivity index (χ1v) is 9.83. The van der Waals surface area contributed by atoms with E-state index < -0.39 is 0 Å². The molecule has 2 amide bonds. The maximum Gasteiger partial charge on any atom is 0.317 e. The zero-order valence-corrected chi connectivity index (χ0v) is 16.1. The van der Waals surface area contributed by atoms with E-state index in [-0.39, 0.29) is 6.03 Å². The molecular formula is C17H20Cl2N4OS. The average Bonchev–Trinajstić information content (AvgIpc) is 2.98. The van der Waals surface area contributed by atoms with Crippen LogP contribution in [0, 0.1) is 0 Å². The summed E-state index contributed by atoms with van der Waals surface area (Å²) in [6.45, 7) is 4.56. The number of urea groups is 1. The number of nitrogens with zero attached hydrogens (tertiary/aromatic N) is 3. The monoisotopic (exact) mass is 398 g/mol. The van der Waals surface area contributed by atoms with Crippen molar-refractivity contribution < 1.29 is 4.79 Å². The summed E-state index contributed by atoms with van der Waals surface area (Å²) in [5, 5.41) is 7.22. The summed E-state index contributed by atoms with van der Waals surface area (Å²) in [6, 6.07) is 5.25. The van der Waals surface area contributed by atoms with Crippen molar-refractivity contribution in [2.45, 2.75) is 19.5 Å². The number of aromatic nitrogens is 1. The quantitative estimate of drug-likeness (QED) is 0.849. The Balaban J connectivity index is 1.49. The molecule has 25 heavy (non-hydrogen) atoms. The molecule has 1 aromatic heterocycles. The van der Waals surface area contributed by atoms with Crippen LogP contribution in [0.1, 0.15) is 17.0 Å². The van der Waals surface area contributed by atoms with E-state index in [1.165, 1.54) is 0 Å². The van der Waals surface area contributed by atoms with Crippen LogP contribution in [0.25, 0.3) is 0 Å². The van der Waals surface area contributed by atoms with Crippen molar-refractivity contribution in [3.8, 4) is 0 Å². The number of rotatable bonds is 4. The molecule has 2 heterocycles. The van der Waals surface area contributed by atoms with Crippen LogP contribution >= 0.6 is 34.5 Å². The second kappa shape index (κ2) is 8.85. The fourth-order valence-electron chi connectivity index (χ4n) is 2.80. The van der Waals surface area contributed by atoms with Gasteiger partial charge >= 0.3 is 6.03 Å². The van der Waals surface area contributed by atoms with Crippen molar-refractivity contribution in [2.24, 2.45) is 0 Å². The summed E-state index contributed by atoms with van der Waals surface area (Å²) in [6.07, 6.45) is 2.79. The van der Waals surface area contributed by atoms with Crippen molar-refractivity contribution in [3.63, 3.8) is 0 Å². The molecule has 0 radical (unpaired) electrons. The molecule has 0 aliphatic carbocycles. The van der Waals surface area contributed by atoms with Gasteiger partial charge in [-0.25, -0.2) is 9.78 Å². The van der Waals surface area contributed by atoms with Crippen LogP contribution in [0.15, 0.2) is 29.8 Å². The van der Waals surface area contributed by atoms with Crippen LogP contribution in [0.4, 0.5) is 4.79 Å². The van der Waals surface area contributed by atoms with Gasteiger partial charge in [-0.05, 0) is 24.1 Å². The van der Waals surface area contributed by atoms with Crippen molar-refractivity contribution in [2.75, 3.05) is 26.2 Å². The number of thiazole rings is 1. The number of hydrogen-bond donors (Lipinski definition) is 1. The van der Waals surface area contributed by atoms with E-state index >= 15 is 0 Å². The fraction of sp³-hybridized carbons (Fsp3) is 0.412. The first-order chi connectivity index (χ1) is 12.1. The summed E-state index contributed by atoms with van der Waals surface area (Å²) < 4.78 is 0. The normalized spacial score (nSPS) is 15.8. The molecule has 0 spiro atoms. The highest BCUT2D eigenvalue weighted by molar-refractivity contribution is 7.09. The highest BCUT2D eigenvalue weighted by Gasteiger charge is 2.19. The summed E-state index contributed by atoms with van der Waals surface area (Å²) in [4.78, 5) is 21.0. The van der Waals surface area contributed by atoms with Gasteiger partial charge in [0.2, 0.25) is 0 Å². The smallest absolute Gasteiger partial charge is 0.317 e. The van der Waals surface area contributed by atoms with Gasteiger partial charge in [0.25, 0.3) is 0 Å². The minimum atomic E-state index is -0.0536.